The highest BCUT2D eigenvalue weighted by Gasteiger charge is 2.12. The zero-order chi connectivity index (χ0) is 16.3. The lowest BCUT2D eigenvalue weighted by molar-refractivity contribution is 0.476. The zero-order valence-electron chi connectivity index (χ0n) is 10.8. The van der Waals surface area contributed by atoms with Gasteiger partial charge in [0, 0.05) is 0 Å². The summed E-state index contributed by atoms with van der Waals surface area (Å²) in [7, 11) is -3.91. The van der Waals surface area contributed by atoms with Gasteiger partial charge in [-0.3, -0.25) is 0 Å². The number of halogens is 3. The molecule has 0 aromatic heterocycles. The fourth-order valence-electron chi connectivity index (χ4n) is 1.50. The van der Waals surface area contributed by atoms with Gasteiger partial charge in [0.1, 0.15) is 5.82 Å². The van der Waals surface area contributed by atoms with E-state index in [9.17, 15) is 17.9 Å². The molecule has 2 N–H and O–H groups in total. The third kappa shape index (κ3) is 3.88. The van der Waals surface area contributed by atoms with Crippen molar-refractivity contribution in [2.24, 2.45) is 5.10 Å². The summed E-state index contributed by atoms with van der Waals surface area (Å²) in [5, 5.41) is 13.0. The van der Waals surface area contributed by atoms with Crippen molar-refractivity contribution in [2.45, 2.75) is 4.90 Å². The number of nitrogens with one attached hydrogen (secondary N) is 1. The van der Waals surface area contributed by atoms with E-state index in [4.69, 9.17) is 23.2 Å². The molecule has 0 aliphatic rings. The van der Waals surface area contributed by atoms with Gasteiger partial charge in [-0.2, -0.15) is 13.5 Å². The number of aromatic hydroxyl groups is 1. The summed E-state index contributed by atoms with van der Waals surface area (Å²) in [5.74, 6) is -0.816. The Labute approximate surface area is 136 Å². The Morgan fingerprint density at radius 2 is 1.68 bits per heavy atom. The molecule has 5 nitrogen and oxygen atoms in total. The largest absolute Gasteiger partial charge is 0.505 e. The van der Waals surface area contributed by atoms with Gasteiger partial charge in [-0.25, -0.2) is 9.22 Å². The Kier molecular flexibility index (Phi) is 4.90. The van der Waals surface area contributed by atoms with Crippen LogP contribution in [0.25, 0.3) is 0 Å². The maximum absolute atomic E-state index is 12.8. The summed E-state index contributed by atoms with van der Waals surface area (Å²) < 4.78 is 36.5. The minimum atomic E-state index is -3.91. The van der Waals surface area contributed by atoms with Gasteiger partial charge in [0.05, 0.1) is 21.2 Å². The zero-order valence-corrected chi connectivity index (χ0v) is 13.1. The van der Waals surface area contributed by atoms with Gasteiger partial charge >= 0.3 is 0 Å². The quantitative estimate of drug-likeness (QED) is 0.647. The van der Waals surface area contributed by atoms with Crippen LogP contribution < -0.4 is 4.83 Å². The highest BCUT2D eigenvalue weighted by Crippen LogP contribution is 2.32. The predicted molar refractivity (Wildman–Crippen MR) is 82.4 cm³/mol. The first-order valence-corrected chi connectivity index (χ1v) is 8.02. The van der Waals surface area contributed by atoms with Gasteiger partial charge in [0.25, 0.3) is 10.0 Å². The second kappa shape index (κ2) is 6.51. The van der Waals surface area contributed by atoms with E-state index >= 15 is 0 Å². The molecular formula is C13H9Cl2FN2O3S. The molecule has 0 aliphatic heterocycles. The van der Waals surface area contributed by atoms with Crippen LogP contribution in [0.5, 0.6) is 5.75 Å². The number of rotatable bonds is 4. The summed E-state index contributed by atoms with van der Waals surface area (Å²) in [4.78, 5) is 1.84. The molecule has 9 heteroatoms. The molecule has 0 atom stereocenters. The second-order valence-corrected chi connectivity index (χ2v) is 6.62. The summed E-state index contributed by atoms with van der Waals surface area (Å²) >= 11 is 11.5. The molecule has 2 rings (SSSR count). The average molecular weight is 363 g/mol. The molecule has 2 aromatic carbocycles. The Balaban J connectivity index is 2.16. The van der Waals surface area contributed by atoms with E-state index in [1.165, 1.54) is 12.1 Å². The van der Waals surface area contributed by atoms with Gasteiger partial charge in [-0.05, 0) is 42.0 Å². The maximum atomic E-state index is 12.8. The van der Waals surface area contributed by atoms with Gasteiger partial charge in [-0.15, -0.1) is 0 Å². The van der Waals surface area contributed by atoms with Gasteiger partial charge in [0.2, 0.25) is 0 Å². The number of hydrogen-bond acceptors (Lipinski definition) is 4. The Bertz CT molecular complexity index is 801. The van der Waals surface area contributed by atoms with E-state index in [0.717, 1.165) is 30.5 Å². The van der Waals surface area contributed by atoms with Gasteiger partial charge in [0.15, 0.2) is 5.75 Å². The number of nitrogens with zero attached hydrogens (tertiary/aromatic N) is 1. The molecule has 116 valence electrons. The van der Waals surface area contributed by atoms with Crippen molar-refractivity contribution in [3.8, 4) is 5.75 Å². The topological polar surface area (TPSA) is 78.8 Å². The summed E-state index contributed by atoms with van der Waals surface area (Å²) in [6.07, 6.45) is 1.16. The number of hydrazone groups is 1. The van der Waals surface area contributed by atoms with Crippen LogP contribution in [0.4, 0.5) is 4.39 Å². The minimum Gasteiger partial charge on any atom is -0.505 e. The summed E-state index contributed by atoms with van der Waals surface area (Å²) in [5.41, 5.74) is 0.384. The number of phenols is 1. The van der Waals surface area contributed by atoms with E-state index < -0.39 is 15.8 Å². The molecule has 0 bridgehead atoms. The minimum absolute atomic E-state index is 0.00958. The molecule has 0 radical (unpaired) electrons. The number of hydrogen-bond donors (Lipinski definition) is 2. The monoisotopic (exact) mass is 362 g/mol. The smallest absolute Gasteiger partial charge is 0.276 e. The summed E-state index contributed by atoms with van der Waals surface area (Å²) in [6.45, 7) is 0. The Morgan fingerprint density at radius 3 is 2.23 bits per heavy atom. The van der Waals surface area contributed by atoms with E-state index in [0.29, 0.717) is 5.56 Å². The van der Waals surface area contributed by atoms with Crippen LogP contribution in [-0.2, 0) is 10.0 Å². The summed E-state index contributed by atoms with van der Waals surface area (Å²) in [6, 6.07) is 7.00. The predicted octanol–water partition coefficient (Wildman–Crippen LogP) is 3.15. The van der Waals surface area contributed by atoms with Crippen molar-refractivity contribution in [3.05, 3.63) is 57.8 Å². The van der Waals surface area contributed by atoms with Crippen molar-refractivity contribution in [1.29, 1.82) is 0 Å². The Hall–Kier alpha value is -1.83. The Morgan fingerprint density at radius 1 is 1.14 bits per heavy atom. The fraction of sp³-hybridized carbons (Fsp3) is 0. The lowest BCUT2D eigenvalue weighted by Gasteiger charge is -2.04. The first-order valence-electron chi connectivity index (χ1n) is 5.78. The lowest BCUT2D eigenvalue weighted by atomic mass is 10.2. The maximum Gasteiger partial charge on any atom is 0.276 e. The third-order valence-corrected chi connectivity index (χ3v) is 4.36. The highest BCUT2D eigenvalue weighted by molar-refractivity contribution is 7.89. The first-order chi connectivity index (χ1) is 10.3. The van der Waals surface area contributed by atoms with Crippen LogP contribution in [0.2, 0.25) is 10.0 Å². The van der Waals surface area contributed by atoms with Crippen LogP contribution in [0, 0.1) is 5.82 Å². The van der Waals surface area contributed by atoms with Crippen molar-refractivity contribution >= 4 is 39.4 Å². The van der Waals surface area contributed by atoms with Gasteiger partial charge in [-0.1, -0.05) is 23.2 Å². The normalized spacial score (nSPS) is 11.8. The van der Waals surface area contributed by atoms with Crippen LogP contribution >= 0.6 is 23.2 Å². The molecule has 0 amide bonds. The van der Waals surface area contributed by atoms with E-state index in [1.807, 2.05) is 4.83 Å². The van der Waals surface area contributed by atoms with Crippen LogP contribution in [0.1, 0.15) is 5.56 Å². The number of phenolic OH excluding ortho intramolecular Hbond substituents is 1. The van der Waals surface area contributed by atoms with Crippen molar-refractivity contribution < 1.29 is 17.9 Å². The van der Waals surface area contributed by atoms with Crippen LogP contribution in [-0.4, -0.2) is 19.7 Å². The first kappa shape index (κ1) is 16.5. The molecule has 0 saturated heterocycles. The molecule has 0 spiro atoms. The van der Waals surface area contributed by atoms with E-state index in [1.54, 1.807) is 0 Å². The van der Waals surface area contributed by atoms with Crippen molar-refractivity contribution in [3.63, 3.8) is 0 Å². The average Bonchev–Trinajstić information content (AvgIpc) is 2.45. The molecule has 2 aromatic rings. The van der Waals surface area contributed by atoms with E-state index in [2.05, 4.69) is 5.10 Å². The SMILES string of the molecule is O=S(=O)(N/N=C/c1cc(Cl)c(O)c(Cl)c1)c1ccc(F)cc1. The van der Waals surface area contributed by atoms with Crippen LogP contribution in [0.15, 0.2) is 46.4 Å². The molecular weight excluding hydrogens is 354 g/mol. The standard InChI is InChI=1S/C13H9Cl2FN2O3S/c14-11-5-8(6-12(15)13(11)19)7-17-18-22(20,21)10-3-1-9(16)2-4-10/h1-7,18-19H/b17-7+. The number of benzene rings is 2. The second-order valence-electron chi connectivity index (χ2n) is 4.14. The van der Waals surface area contributed by atoms with E-state index in [-0.39, 0.29) is 20.7 Å². The van der Waals surface area contributed by atoms with Crippen LogP contribution in [0.3, 0.4) is 0 Å². The lowest BCUT2D eigenvalue weighted by Crippen LogP contribution is -2.18. The molecule has 0 saturated carbocycles. The fourth-order valence-corrected chi connectivity index (χ4v) is 2.79. The highest BCUT2D eigenvalue weighted by atomic mass is 35.5. The molecule has 0 aliphatic carbocycles. The van der Waals surface area contributed by atoms with Gasteiger partial charge < -0.3 is 5.11 Å². The van der Waals surface area contributed by atoms with Crippen molar-refractivity contribution in [2.75, 3.05) is 0 Å². The number of sulfonamides is 1. The molecule has 0 unspecified atom stereocenters. The van der Waals surface area contributed by atoms with Crippen molar-refractivity contribution in [1.82, 2.24) is 4.83 Å². The molecule has 22 heavy (non-hydrogen) atoms. The molecule has 0 fully saturated rings. The molecule has 0 heterocycles. The third-order valence-electron chi connectivity index (χ3n) is 2.55.